The van der Waals surface area contributed by atoms with Gasteiger partial charge in [0, 0.05) is 63.8 Å². The first-order chi connectivity index (χ1) is 16.8. The molecule has 0 bridgehead atoms. The number of aromatic nitrogens is 5. The van der Waals surface area contributed by atoms with Gasteiger partial charge in [0.25, 0.3) is 5.56 Å². The first-order valence-electron chi connectivity index (χ1n) is 12.0. The first-order valence-corrected chi connectivity index (χ1v) is 12.0. The lowest BCUT2D eigenvalue weighted by atomic mass is 10.00. The fourth-order valence-corrected chi connectivity index (χ4v) is 5.39. The molecule has 0 saturated carbocycles. The average Bonchev–Trinajstić information content (AvgIpc) is 3.18. The number of nitrogens with zero attached hydrogens (tertiary/aromatic N) is 8. The second-order valence-electron chi connectivity index (χ2n) is 9.55. The van der Waals surface area contributed by atoms with Gasteiger partial charge in [-0.05, 0) is 38.5 Å². The van der Waals surface area contributed by atoms with Crippen LogP contribution in [0.25, 0.3) is 22.2 Å². The van der Waals surface area contributed by atoms with Crippen LogP contribution in [-0.4, -0.2) is 54.2 Å². The van der Waals surface area contributed by atoms with E-state index in [9.17, 15) is 10.1 Å². The third-order valence-electron chi connectivity index (χ3n) is 7.36. The number of fused-ring (bicyclic) bond motifs is 2. The van der Waals surface area contributed by atoms with Crippen LogP contribution in [0.1, 0.15) is 38.2 Å². The van der Waals surface area contributed by atoms with Gasteiger partial charge in [0.05, 0.1) is 29.2 Å². The summed E-state index contributed by atoms with van der Waals surface area (Å²) in [6.07, 6.45) is 3.64. The van der Waals surface area contributed by atoms with Crippen molar-refractivity contribution in [2.24, 2.45) is 14.1 Å². The highest BCUT2D eigenvalue weighted by molar-refractivity contribution is 5.87. The molecule has 0 radical (unpaired) electrons. The minimum atomic E-state index is -0.0769. The van der Waals surface area contributed by atoms with Crippen LogP contribution in [0, 0.1) is 11.3 Å². The van der Waals surface area contributed by atoms with Crippen molar-refractivity contribution in [1.82, 2.24) is 29.0 Å². The fraction of sp³-hybridized carbons (Fsp3) is 0.423. The van der Waals surface area contributed by atoms with E-state index in [1.807, 2.05) is 17.7 Å². The molecule has 5 rings (SSSR count). The van der Waals surface area contributed by atoms with Crippen molar-refractivity contribution < 1.29 is 0 Å². The number of pyridine rings is 1. The molecule has 1 aliphatic rings. The monoisotopic (exact) mass is 470 g/mol. The highest BCUT2D eigenvalue weighted by Gasteiger charge is 2.34. The Hall–Kier alpha value is -3.77. The van der Waals surface area contributed by atoms with E-state index >= 15 is 0 Å². The van der Waals surface area contributed by atoms with Gasteiger partial charge in [-0.2, -0.15) is 5.26 Å². The quantitative estimate of drug-likeness (QED) is 0.452. The van der Waals surface area contributed by atoms with Crippen LogP contribution in [0.3, 0.4) is 0 Å². The lowest BCUT2D eigenvalue weighted by molar-refractivity contribution is 0.119. The molecule has 9 heteroatoms. The van der Waals surface area contributed by atoms with Gasteiger partial charge in [-0.1, -0.05) is 6.07 Å². The zero-order chi connectivity index (χ0) is 24.9. The Kier molecular flexibility index (Phi) is 5.77. The molecule has 35 heavy (non-hydrogen) atoms. The number of piperazine rings is 1. The summed E-state index contributed by atoms with van der Waals surface area (Å²) in [5.41, 5.74) is 5.30. The van der Waals surface area contributed by atoms with Gasteiger partial charge in [0.1, 0.15) is 17.0 Å². The lowest BCUT2D eigenvalue weighted by Crippen LogP contribution is -2.57. The molecule has 3 atom stereocenters. The molecule has 4 aromatic rings. The van der Waals surface area contributed by atoms with Crippen molar-refractivity contribution >= 4 is 27.9 Å². The first kappa shape index (κ1) is 23.0. The van der Waals surface area contributed by atoms with Crippen LogP contribution >= 0.6 is 0 Å². The molecule has 1 aliphatic heterocycles. The van der Waals surface area contributed by atoms with E-state index in [-0.39, 0.29) is 30.1 Å². The summed E-state index contributed by atoms with van der Waals surface area (Å²) in [5, 5.41) is 9.23. The number of rotatable bonds is 4. The predicted molar refractivity (Wildman–Crippen MR) is 136 cm³/mol. The van der Waals surface area contributed by atoms with Crippen LogP contribution in [0.2, 0.25) is 0 Å². The van der Waals surface area contributed by atoms with Gasteiger partial charge in [-0.15, -0.1) is 0 Å². The Morgan fingerprint density at radius 3 is 2.54 bits per heavy atom. The highest BCUT2D eigenvalue weighted by Crippen LogP contribution is 2.33. The SMILES string of the molecule is CC(c1ccc2nccnc2c1)N1C[C@H](C)N(c2cc(=O)n(C)c3c2nc(CC#N)n3C)C[C@H]1C. The van der Waals surface area contributed by atoms with Crippen LogP contribution < -0.4 is 10.5 Å². The van der Waals surface area contributed by atoms with E-state index in [4.69, 9.17) is 4.98 Å². The van der Waals surface area contributed by atoms with E-state index in [0.29, 0.717) is 5.82 Å². The van der Waals surface area contributed by atoms with Crippen LogP contribution in [0.15, 0.2) is 41.5 Å². The Morgan fingerprint density at radius 2 is 1.80 bits per heavy atom. The maximum absolute atomic E-state index is 12.9. The molecular weight excluding hydrogens is 440 g/mol. The number of hydrogen-bond acceptors (Lipinski definition) is 7. The van der Waals surface area contributed by atoms with Crippen molar-refractivity contribution in [2.45, 2.75) is 45.3 Å². The van der Waals surface area contributed by atoms with E-state index in [1.54, 1.807) is 30.1 Å². The summed E-state index contributed by atoms with van der Waals surface area (Å²) >= 11 is 0. The number of benzene rings is 1. The Bertz CT molecular complexity index is 1510. The molecule has 1 aromatic carbocycles. The molecule has 3 aromatic heterocycles. The second kappa shape index (κ2) is 8.78. The topological polar surface area (TPSA) is 95.9 Å². The summed E-state index contributed by atoms with van der Waals surface area (Å²) in [5.74, 6) is 0.664. The van der Waals surface area contributed by atoms with Crippen LogP contribution in [0.5, 0.6) is 0 Å². The van der Waals surface area contributed by atoms with Crippen LogP contribution in [0.4, 0.5) is 5.69 Å². The molecule has 0 amide bonds. The molecule has 1 fully saturated rings. The number of aryl methyl sites for hydroxylation is 2. The van der Waals surface area contributed by atoms with Gasteiger partial charge in [-0.25, -0.2) is 4.98 Å². The second-order valence-corrected chi connectivity index (χ2v) is 9.55. The zero-order valence-electron chi connectivity index (χ0n) is 20.8. The minimum absolute atomic E-state index is 0.0769. The normalized spacial score (nSPS) is 19.8. The predicted octanol–water partition coefficient (Wildman–Crippen LogP) is 2.94. The largest absolute Gasteiger partial charge is 0.364 e. The van der Waals surface area contributed by atoms with Crippen LogP contribution in [-0.2, 0) is 20.5 Å². The van der Waals surface area contributed by atoms with E-state index < -0.39 is 0 Å². The fourth-order valence-electron chi connectivity index (χ4n) is 5.39. The van der Waals surface area contributed by atoms with E-state index in [1.165, 1.54) is 5.56 Å². The lowest BCUT2D eigenvalue weighted by Gasteiger charge is -2.47. The summed E-state index contributed by atoms with van der Waals surface area (Å²) < 4.78 is 3.47. The van der Waals surface area contributed by atoms with Crippen molar-refractivity contribution in [1.29, 1.82) is 5.26 Å². The minimum Gasteiger partial charge on any atom is -0.364 e. The van der Waals surface area contributed by atoms with Crippen molar-refractivity contribution in [2.75, 3.05) is 18.0 Å². The molecule has 0 N–H and O–H groups in total. The van der Waals surface area contributed by atoms with Gasteiger partial charge in [0.2, 0.25) is 0 Å². The van der Waals surface area contributed by atoms with Gasteiger partial charge >= 0.3 is 0 Å². The standard InChI is InChI=1S/C26H30N8O/c1-16-15-34(22-13-24(35)32(5)26-25(22)30-23(8-9-27)31(26)4)17(2)14-33(16)18(3)19-6-7-20-21(12-19)29-11-10-28-20/h6-7,10-13,16-18H,8,14-15H2,1-5H3/t16-,17+,18?/m1/s1. The van der Waals surface area contributed by atoms with Crippen molar-refractivity contribution in [3.63, 3.8) is 0 Å². The summed E-state index contributed by atoms with van der Waals surface area (Å²) in [6, 6.07) is 10.8. The number of imidazole rings is 1. The molecule has 9 nitrogen and oxygen atoms in total. The molecule has 180 valence electrons. The summed E-state index contributed by atoms with van der Waals surface area (Å²) in [4.78, 5) is 31.3. The summed E-state index contributed by atoms with van der Waals surface area (Å²) in [6.45, 7) is 8.27. The molecule has 0 aliphatic carbocycles. The average molecular weight is 471 g/mol. The third-order valence-corrected chi connectivity index (χ3v) is 7.36. The zero-order valence-corrected chi connectivity index (χ0v) is 20.8. The molecule has 0 spiro atoms. The van der Waals surface area contributed by atoms with Crippen molar-refractivity contribution in [3.05, 3.63) is 58.4 Å². The number of anilines is 1. The maximum atomic E-state index is 12.9. The highest BCUT2D eigenvalue weighted by atomic mass is 16.1. The number of hydrogen-bond donors (Lipinski definition) is 0. The van der Waals surface area contributed by atoms with E-state index in [0.717, 1.165) is 41.0 Å². The van der Waals surface area contributed by atoms with Crippen molar-refractivity contribution in [3.8, 4) is 6.07 Å². The Balaban J connectivity index is 1.48. The number of nitriles is 1. The molecule has 4 heterocycles. The van der Waals surface area contributed by atoms with Gasteiger partial charge in [0.15, 0.2) is 0 Å². The molecule has 1 saturated heterocycles. The smallest absolute Gasteiger partial charge is 0.254 e. The maximum Gasteiger partial charge on any atom is 0.254 e. The van der Waals surface area contributed by atoms with Gasteiger partial charge in [-0.3, -0.25) is 24.2 Å². The Morgan fingerprint density at radius 1 is 1.06 bits per heavy atom. The third kappa shape index (κ3) is 3.84. The van der Waals surface area contributed by atoms with Gasteiger partial charge < -0.3 is 9.47 Å². The summed E-state index contributed by atoms with van der Waals surface area (Å²) in [7, 11) is 3.62. The Labute approximate surface area is 204 Å². The molecule has 1 unspecified atom stereocenters. The molecular formula is C26H30N8O. The van der Waals surface area contributed by atoms with E-state index in [2.05, 4.69) is 58.7 Å².